The van der Waals surface area contributed by atoms with Crippen molar-refractivity contribution in [3.05, 3.63) is 29.8 Å². The zero-order valence-electron chi connectivity index (χ0n) is 12.7. The predicted molar refractivity (Wildman–Crippen MR) is 83.1 cm³/mol. The van der Waals surface area contributed by atoms with E-state index in [0.717, 1.165) is 38.2 Å². The molecular formula is C16H25N3O2. The van der Waals surface area contributed by atoms with Crippen LogP contribution in [0.15, 0.2) is 24.3 Å². The Morgan fingerprint density at radius 2 is 2.29 bits per heavy atom. The van der Waals surface area contributed by atoms with Gasteiger partial charge in [-0.2, -0.15) is 0 Å². The van der Waals surface area contributed by atoms with Crippen LogP contribution in [0.3, 0.4) is 0 Å². The number of hydrogen-bond acceptors (Lipinski definition) is 4. The van der Waals surface area contributed by atoms with E-state index in [9.17, 15) is 4.79 Å². The highest BCUT2D eigenvalue weighted by molar-refractivity contribution is 5.78. The van der Waals surface area contributed by atoms with Gasteiger partial charge in [0, 0.05) is 31.7 Å². The monoisotopic (exact) mass is 291 g/mol. The summed E-state index contributed by atoms with van der Waals surface area (Å²) in [6, 6.07) is 8.05. The Balaban J connectivity index is 1.93. The lowest BCUT2D eigenvalue weighted by molar-refractivity contribution is -0.126. The molecule has 21 heavy (non-hydrogen) atoms. The maximum Gasteiger partial charge on any atom is 0.224 e. The van der Waals surface area contributed by atoms with Gasteiger partial charge in [-0.15, -0.1) is 0 Å². The molecule has 1 fully saturated rings. The van der Waals surface area contributed by atoms with Gasteiger partial charge < -0.3 is 15.8 Å². The minimum atomic E-state index is 0.0695. The number of benzene rings is 1. The summed E-state index contributed by atoms with van der Waals surface area (Å²) in [6.45, 7) is 3.70. The smallest absolute Gasteiger partial charge is 0.224 e. The topological polar surface area (TPSA) is 67.6 Å². The third-order valence-electron chi connectivity index (χ3n) is 3.91. The molecule has 0 aromatic heterocycles. The van der Waals surface area contributed by atoms with Gasteiger partial charge in [0.15, 0.2) is 0 Å². The molecule has 1 aromatic rings. The highest BCUT2D eigenvalue weighted by Gasteiger charge is 2.25. The second kappa shape index (κ2) is 8.00. The third-order valence-corrected chi connectivity index (χ3v) is 3.91. The summed E-state index contributed by atoms with van der Waals surface area (Å²) in [5, 5.41) is 2.89. The Hall–Kier alpha value is -1.59. The van der Waals surface area contributed by atoms with Gasteiger partial charge in [-0.3, -0.25) is 9.69 Å². The third kappa shape index (κ3) is 4.44. The maximum absolute atomic E-state index is 12.1. The van der Waals surface area contributed by atoms with Crippen molar-refractivity contribution < 1.29 is 9.53 Å². The number of nitrogens with two attached hydrogens (primary N) is 1. The summed E-state index contributed by atoms with van der Waals surface area (Å²) in [6.07, 6.45) is 2.01. The average Bonchev–Trinajstić information content (AvgIpc) is 2.53. The SMILES string of the molecule is COc1ccccc1CN1CCCC(C(=O)NCCN)C1. The zero-order valence-corrected chi connectivity index (χ0v) is 12.7. The van der Waals surface area contributed by atoms with Crippen LogP contribution in [0.5, 0.6) is 5.75 Å². The molecule has 1 aliphatic rings. The molecular weight excluding hydrogens is 266 g/mol. The molecule has 0 aliphatic carbocycles. The fraction of sp³-hybridized carbons (Fsp3) is 0.562. The molecule has 116 valence electrons. The van der Waals surface area contributed by atoms with Gasteiger partial charge in [0.1, 0.15) is 5.75 Å². The van der Waals surface area contributed by atoms with Crippen LogP contribution in [0.25, 0.3) is 0 Å². The Kier molecular flexibility index (Phi) is 6.02. The Labute approximate surface area is 126 Å². The normalized spacial score (nSPS) is 19.2. The Morgan fingerprint density at radius 1 is 1.48 bits per heavy atom. The summed E-state index contributed by atoms with van der Waals surface area (Å²) in [5.41, 5.74) is 6.60. The molecule has 1 amide bonds. The summed E-state index contributed by atoms with van der Waals surface area (Å²) in [4.78, 5) is 14.4. The van der Waals surface area contributed by atoms with Gasteiger partial charge in [0.05, 0.1) is 13.0 Å². The molecule has 3 N–H and O–H groups in total. The average molecular weight is 291 g/mol. The van der Waals surface area contributed by atoms with Crippen LogP contribution in [0.4, 0.5) is 0 Å². The molecule has 1 atom stereocenters. The predicted octanol–water partition coefficient (Wildman–Crippen LogP) is 0.982. The quantitative estimate of drug-likeness (QED) is 0.820. The largest absolute Gasteiger partial charge is 0.496 e. The molecule has 0 radical (unpaired) electrons. The number of piperidine rings is 1. The van der Waals surface area contributed by atoms with Crippen LogP contribution in [0.1, 0.15) is 18.4 Å². The molecule has 1 aliphatic heterocycles. The summed E-state index contributed by atoms with van der Waals surface area (Å²) in [7, 11) is 1.69. The molecule has 2 rings (SSSR count). The van der Waals surface area contributed by atoms with Crippen molar-refractivity contribution in [1.82, 2.24) is 10.2 Å². The van der Waals surface area contributed by atoms with Crippen molar-refractivity contribution in [1.29, 1.82) is 0 Å². The van der Waals surface area contributed by atoms with Crippen molar-refractivity contribution in [3.8, 4) is 5.75 Å². The first-order valence-corrected chi connectivity index (χ1v) is 7.56. The van der Waals surface area contributed by atoms with Crippen LogP contribution < -0.4 is 15.8 Å². The molecule has 1 saturated heterocycles. The molecule has 1 unspecified atom stereocenters. The van der Waals surface area contributed by atoms with E-state index in [1.165, 1.54) is 5.56 Å². The van der Waals surface area contributed by atoms with E-state index in [4.69, 9.17) is 10.5 Å². The van der Waals surface area contributed by atoms with Gasteiger partial charge in [-0.25, -0.2) is 0 Å². The number of amides is 1. The van der Waals surface area contributed by atoms with Crippen LogP contribution in [-0.4, -0.2) is 44.1 Å². The van der Waals surface area contributed by atoms with Gasteiger partial charge in [0.25, 0.3) is 0 Å². The molecule has 1 aromatic carbocycles. The Bertz CT molecular complexity index is 465. The van der Waals surface area contributed by atoms with Crippen LogP contribution in [0.2, 0.25) is 0 Å². The van der Waals surface area contributed by atoms with Crippen LogP contribution in [-0.2, 0) is 11.3 Å². The van der Waals surface area contributed by atoms with Crippen molar-refractivity contribution in [3.63, 3.8) is 0 Å². The number of likely N-dealkylation sites (tertiary alicyclic amines) is 1. The number of nitrogens with zero attached hydrogens (tertiary/aromatic N) is 1. The van der Waals surface area contributed by atoms with E-state index in [1.54, 1.807) is 7.11 Å². The molecule has 1 heterocycles. The van der Waals surface area contributed by atoms with Crippen LogP contribution in [0, 0.1) is 5.92 Å². The Morgan fingerprint density at radius 3 is 3.05 bits per heavy atom. The minimum absolute atomic E-state index is 0.0695. The number of methoxy groups -OCH3 is 1. The molecule has 0 saturated carbocycles. The highest BCUT2D eigenvalue weighted by atomic mass is 16.5. The van der Waals surface area contributed by atoms with Gasteiger partial charge >= 0.3 is 0 Å². The molecule has 0 bridgehead atoms. The standard InChI is InChI=1S/C16H25N3O2/c1-21-15-7-3-2-5-13(15)11-19-10-4-6-14(12-19)16(20)18-9-8-17/h2-3,5,7,14H,4,6,8-12,17H2,1H3,(H,18,20). The first kappa shape index (κ1) is 15.8. The lowest BCUT2D eigenvalue weighted by Crippen LogP contribution is -2.43. The second-order valence-electron chi connectivity index (χ2n) is 5.47. The second-order valence-corrected chi connectivity index (χ2v) is 5.47. The van der Waals surface area contributed by atoms with E-state index < -0.39 is 0 Å². The first-order chi connectivity index (χ1) is 10.2. The summed E-state index contributed by atoms with van der Waals surface area (Å²) >= 11 is 0. The van der Waals surface area contributed by atoms with Crippen molar-refractivity contribution >= 4 is 5.91 Å². The van der Waals surface area contributed by atoms with Gasteiger partial charge in [-0.05, 0) is 25.5 Å². The number of carbonyl (C=O) groups excluding carboxylic acids is 1. The van der Waals surface area contributed by atoms with E-state index >= 15 is 0 Å². The minimum Gasteiger partial charge on any atom is -0.496 e. The molecule has 0 spiro atoms. The summed E-state index contributed by atoms with van der Waals surface area (Å²) < 4.78 is 5.39. The zero-order chi connectivity index (χ0) is 15.1. The van der Waals surface area contributed by atoms with Crippen molar-refractivity contribution in [2.75, 3.05) is 33.3 Å². The van der Waals surface area contributed by atoms with E-state index in [1.807, 2.05) is 18.2 Å². The maximum atomic E-state index is 12.1. The number of nitrogens with one attached hydrogen (secondary N) is 1. The fourth-order valence-electron chi connectivity index (χ4n) is 2.83. The van der Waals surface area contributed by atoms with Crippen molar-refractivity contribution in [2.45, 2.75) is 19.4 Å². The fourth-order valence-corrected chi connectivity index (χ4v) is 2.83. The number of ether oxygens (including phenoxy) is 1. The number of para-hydroxylation sites is 1. The first-order valence-electron chi connectivity index (χ1n) is 7.56. The summed E-state index contributed by atoms with van der Waals surface area (Å²) in [5.74, 6) is 1.11. The van der Waals surface area contributed by atoms with E-state index in [0.29, 0.717) is 13.1 Å². The molecule has 5 heteroatoms. The number of carbonyl (C=O) groups is 1. The van der Waals surface area contributed by atoms with Gasteiger partial charge in [-0.1, -0.05) is 18.2 Å². The number of rotatable bonds is 6. The van der Waals surface area contributed by atoms with E-state index in [-0.39, 0.29) is 11.8 Å². The van der Waals surface area contributed by atoms with Gasteiger partial charge in [0.2, 0.25) is 5.91 Å². The van der Waals surface area contributed by atoms with Crippen molar-refractivity contribution in [2.24, 2.45) is 11.7 Å². The lowest BCUT2D eigenvalue weighted by Gasteiger charge is -2.32. The highest BCUT2D eigenvalue weighted by Crippen LogP contribution is 2.23. The van der Waals surface area contributed by atoms with Crippen LogP contribution >= 0.6 is 0 Å². The lowest BCUT2D eigenvalue weighted by atomic mass is 9.96. The van der Waals surface area contributed by atoms with E-state index in [2.05, 4.69) is 16.3 Å². The molecule has 5 nitrogen and oxygen atoms in total. The number of hydrogen-bond donors (Lipinski definition) is 2.